The second-order valence-corrected chi connectivity index (χ2v) is 9.03. The Hall–Kier alpha value is -1.52. The quantitative estimate of drug-likeness (QED) is 0.693. The van der Waals surface area contributed by atoms with Crippen molar-refractivity contribution in [2.24, 2.45) is 5.92 Å². The maximum atomic E-state index is 13.8. The minimum absolute atomic E-state index is 0.0115. The number of halogens is 2. The third-order valence-corrected chi connectivity index (χ3v) is 5.90. The molecule has 0 saturated carbocycles. The summed E-state index contributed by atoms with van der Waals surface area (Å²) in [5, 5.41) is 2.37. The second kappa shape index (κ2) is 8.45. The molecule has 0 aromatic heterocycles. The van der Waals surface area contributed by atoms with Gasteiger partial charge in [0.15, 0.2) is 6.10 Å². The van der Waals surface area contributed by atoms with Gasteiger partial charge in [-0.05, 0) is 38.0 Å². The van der Waals surface area contributed by atoms with Crippen LogP contribution in [0.2, 0.25) is 0 Å². The Kier molecular flexibility index (Phi) is 6.75. The molecule has 2 rings (SSSR count). The molecule has 1 heterocycles. The number of ether oxygens (including phenoxy) is 1. The lowest BCUT2D eigenvalue weighted by molar-refractivity contribution is -0.158. The van der Waals surface area contributed by atoms with Crippen molar-refractivity contribution >= 4 is 43.5 Å². The summed E-state index contributed by atoms with van der Waals surface area (Å²) >= 11 is 3.12. The van der Waals surface area contributed by atoms with E-state index in [-0.39, 0.29) is 18.8 Å². The van der Waals surface area contributed by atoms with Gasteiger partial charge in [0.1, 0.15) is 5.82 Å². The van der Waals surface area contributed by atoms with E-state index in [1.165, 1.54) is 23.4 Å². The highest BCUT2D eigenvalue weighted by atomic mass is 79.9. The number of nitrogens with zero attached hydrogens (tertiary/aromatic N) is 1. The van der Waals surface area contributed by atoms with Crippen LogP contribution in [-0.4, -0.2) is 50.0 Å². The van der Waals surface area contributed by atoms with Crippen LogP contribution < -0.4 is 5.32 Å². The highest BCUT2D eigenvalue weighted by molar-refractivity contribution is 9.10. The van der Waals surface area contributed by atoms with Crippen LogP contribution in [0.25, 0.3) is 0 Å². The average molecular weight is 451 g/mol. The molecule has 10 heteroatoms. The molecule has 1 aromatic rings. The van der Waals surface area contributed by atoms with Gasteiger partial charge in [0, 0.05) is 17.6 Å². The first-order chi connectivity index (χ1) is 12.1. The fraction of sp³-hybridized carbons (Fsp3) is 0.500. The number of hydrogen-bond acceptors (Lipinski definition) is 5. The number of esters is 1. The summed E-state index contributed by atoms with van der Waals surface area (Å²) in [5.41, 5.74) is -0.0115. The molecule has 0 aliphatic carbocycles. The van der Waals surface area contributed by atoms with E-state index in [0.717, 1.165) is 6.26 Å². The normalized spacial score (nSPS) is 17.5. The number of piperidine rings is 1. The zero-order chi connectivity index (χ0) is 19.5. The van der Waals surface area contributed by atoms with Crippen LogP contribution in [0.1, 0.15) is 19.8 Å². The van der Waals surface area contributed by atoms with Gasteiger partial charge in [-0.2, -0.15) is 0 Å². The maximum Gasteiger partial charge on any atom is 0.309 e. The van der Waals surface area contributed by atoms with Crippen LogP contribution in [-0.2, 0) is 24.3 Å². The number of nitrogens with one attached hydrogen (secondary N) is 1. The number of anilines is 1. The number of hydrogen-bond donors (Lipinski definition) is 1. The monoisotopic (exact) mass is 450 g/mol. The van der Waals surface area contributed by atoms with Crippen molar-refractivity contribution in [1.82, 2.24) is 4.31 Å². The Morgan fingerprint density at radius 2 is 1.96 bits per heavy atom. The average Bonchev–Trinajstić information content (AvgIpc) is 2.56. The summed E-state index contributed by atoms with van der Waals surface area (Å²) < 4.78 is 43.7. The van der Waals surface area contributed by atoms with E-state index in [1.54, 1.807) is 6.07 Å². The van der Waals surface area contributed by atoms with E-state index in [1.807, 2.05) is 0 Å². The summed E-state index contributed by atoms with van der Waals surface area (Å²) in [4.78, 5) is 24.3. The van der Waals surface area contributed by atoms with Crippen LogP contribution >= 0.6 is 15.9 Å². The molecule has 26 heavy (non-hydrogen) atoms. The van der Waals surface area contributed by atoms with Gasteiger partial charge in [-0.15, -0.1) is 0 Å². The lowest BCUT2D eigenvalue weighted by Crippen LogP contribution is -2.41. The van der Waals surface area contributed by atoms with Crippen molar-refractivity contribution in [1.29, 1.82) is 0 Å². The van der Waals surface area contributed by atoms with Crippen LogP contribution in [0.5, 0.6) is 0 Å². The number of sulfonamides is 1. The number of carbonyl (C=O) groups is 2. The van der Waals surface area contributed by atoms with Gasteiger partial charge in [-0.25, -0.2) is 17.1 Å². The summed E-state index contributed by atoms with van der Waals surface area (Å²) in [6.07, 6.45) is 0.695. The molecule has 1 N–H and O–H groups in total. The lowest BCUT2D eigenvalue weighted by Gasteiger charge is -2.29. The first-order valence-corrected chi connectivity index (χ1v) is 10.6. The van der Waals surface area contributed by atoms with E-state index < -0.39 is 39.7 Å². The van der Waals surface area contributed by atoms with Crippen LogP contribution in [0.15, 0.2) is 22.7 Å². The lowest BCUT2D eigenvalue weighted by atomic mass is 9.98. The van der Waals surface area contributed by atoms with Crippen molar-refractivity contribution in [2.75, 3.05) is 24.7 Å². The predicted molar refractivity (Wildman–Crippen MR) is 97.4 cm³/mol. The highest BCUT2D eigenvalue weighted by Gasteiger charge is 2.31. The minimum atomic E-state index is -3.28. The fourth-order valence-corrected chi connectivity index (χ4v) is 3.78. The van der Waals surface area contributed by atoms with E-state index in [2.05, 4.69) is 21.2 Å². The summed E-state index contributed by atoms with van der Waals surface area (Å²) in [6, 6.07) is 4.18. The Morgan fingerprint density at radius 1 is 1.35 bits per heavy atom. The van der Waals surface area contributed by atoms with E-state index in [9.17, 15) is 22.4 Å². The molecular weight excluding hydrogens is 431 g/mol. The first-order valence-electron chi connectivity index (χ1n) is 7.99. The van der Waals surface area contributed by atoms with Crippen LogP contribution in [0.4, 0.5) is 10.1 Å². The van der Waals surface area contributed by atoms with Crippen molar-refractivity contribution < 1.29 is 27.1 Å². The van der Waals surface area contributed by atoms with Crippen molar-refractivity contribution in [3.8, 4) is 0 Å². The van der Waals surface area contributed by atoms with Crippen molar-refractivity contribution in [3.05, 3.63) is 28.5 Å². The standard InChI is InChI=1S/C16H20BrFN2O5S/c1-10(15(21)19-14-4-3-12(17)9-13(14)18)25-16(22)11-5-7-20(8-6-11)26(2,23)24/h3-4,9-11H,5-8H2,1-2H3,(H,19,21). The fourth-order valence-electron chi connectivity index (χ4n) is 2.57. The van der Waals surface area contributed by atoms with E-state index in [0.29, 0.717) is 17.3 Å². The zero-order valence-corrected chi connectivity index (χ0v) is 16.8. The Labute approximate surface area is 160 Å². The summed E-state index contributed by atoms with van der Waals surface area (Å²) in [6.45, 7) is 1.88. The molecule has 1 aliphatic rings. The summed E-state index contributed by atoms with van der Waals surface area (Å²) in [7, 11) is -3.28. The molecule has 1 aliphatic heterocycles. The zero-order valence-electron chi connectivity index (χ0n) is 14.4. The highest BCUT2D eigenvalue weighted by Crippen LogP contribution is 2.22. The molecule has 1 saturated heterocycles. The Bertz CT molecular complexity index is 794. The maximum absolute atomic E-state index is 13.8. The molecule has 1 unspecified atom stereocenters. The molecule has 1 atom stereocenters. The molecule has 1 aromatic carbocycles. The molecule has 1 fully saturated rings. The largest absolute Gasteiger partial charge is 0.452 e. The van der Waals surface area contributed by atoms with Gasteiger partial charge in [0.25, 0.3) is 5.91 Å². The summed E-state index contributed by atoms with van der Waals surface area (Å²) in [5.74, 6) is -2.28. The van der Waals surface area contributed by atoms with Gasteiger partial charge in [0.2, 0.25) is 10.0 Å². The van der Waals surface area contributed by atoms with Crippen molar-refractivity contribution in [3.63, 3.8) is 0 Å². The number of benzene rings is 1. The van der Waals surface area contributed by atoms with Gasteiger partial charge in [-0.3, -0.25) is 9.59 Å². The van der Waals surface area contributed by atoms with Crippen LogP contribution in [0.3, 0.4) is 0 Å². The number of amides is 1. The molecule has 0 spiro atoms. The molecule has 0 radical (unpaired) electrons. The topological polar surface area (TPSA) is 92.8 Å². The van der Waals surface area contributed by atoms with Crippen LogP contribution in [0, 0.1) is 11.7 Å². The molecule has 7 nitrogen and oxygen atoms in total. The molecule has 0 bridgehead atoms. The molecular formula is C16H20BrFN2O5S. The number of carbonyl (C=O) groups excluding carboxylic acids is 2. The van der Waals surface area contributed by atoms with E-state index in [4.69, 9.17) is 4.74 Å². The Morgan fingerprint density at radius 3 is 2.50 bits per heavy atom. The van der Waals surface area contributed by atoms with Gasteiger partial charge in [0.05, 0.1) is 17.9 Å². The van der Waals surface area contributed by atoms with Gasteiger partial charge in [-0.1, -0.05) is 15.9 Å². The van der Waals surface area contributed by atoms with Crippen molar-refractivity contribution in [2.45, 2.75) is 25.9 Å². The third kappa shape index (κ3) is 5.49. The molecule has 1 amide bonds. The van der Waals surface area contributed by atoms with Gasteiger partial charge < -0.3 is 10.1 Å². The number of rotatable bonds is 5. The van der Waals surface area contributed by atoms with E-state index >= 15 is 0 Å². The second-order valence-electron chi connectivity index (χ2n) is 6.13. The third-order valence-electron chi connectivity index (χ3n) is 4.11. The smallest absolute Gasteiger partial charge is 0.309 e. The first kappa shape index (κ1) is 20.8. The SMILES string of the molecule is CC(OC(=O)C1CCN(S(C)(=O)=O)CC1)C(=O)Nc1ccc(Br)cc1F. The molecule has 144 valence electrons. The van der Waals surface area contributed by atoms with Gasteiger partial charge >= 0.3 is 5.97 Å². The Balaban J connectivity index is 1.87. The predicted octanol–water partition coefficient (Wildman–Crippen LogP) is 2.13. The minimum Gasteiger partial charge on any atom is -0.452 e.